The molecule has 2 aliphatic heterocycles. The van der Waals surface area contributed by atoms with Gasteiger partial charge in [-0.1, -0.05) is 6.92 Å². The largest absolute Gasteiger partial charge is 0.323 e. The molecule has 2 amide bonds. The zero-order valence-electron chi connectivity index (χ0n) is 8.12. The zero-order valence-corrected chi connectivity index (χ0v) is 8.12. The fourth-order valence-corrected chi connectivity index (χ4v) is 2.15. The number of hydrogen-bond donors (Lipinski definition) is 1. The third-order valence-electron chi connectivity index (χ3n) is 2.79. The van der Waals surface area contributed by atoms with Crippen molar-refractivity contribution < 1.29 is 4.79 Å². The molecule has 2 rings (SSSR count). The average Bonchev–Trinajstić information content (AvgIpc) is 2.46. The molecule has 4 heteroatoms. The van der Waals surface area contributed by atoms with Crippen LogP contribution in [0.2, 0.25) is 0 Å². The molecule has 1 atom stereocenters. The standard InChI is InChI=1S/C9H17N3O/c1-2-4-11-7-8-6-10-3-5-12(8)9(11)13/h8,10H,2-7H2,1H3. The molecule has 2 heterocycles. The van der Waals surface area contributed by atoms with Gasteiger partial charge in [-0.15, -0.1) is 0 Å². The van der Waals surface area contributed by atoms with Crippen LogP contribution >= 0.6 is 0 Å². The van der Waals surface area contributed by atoms with E-state index in [0.717, 1.165) is 39.1 Å². The van der Waals surface area contributed by atoms with Crippen LogP contribution in [0.15, 0.2) is 0 Å². The summed E-state index contributed by atoms with van der Waals surface area (Å²) in [6.45, 7) is 6.73. The maximum Gasteiger partial charge on any atom is 0.320 e. The summed E-state index contributed by atoms with van der Waals surface area (Å²) in [6, 6.07) is 0.668. The molecule has 2 fully saturated rings. The Morgan fingerprint density at radius 3 is 3.15 bits per heavy atom. The molecule has 13 heavy (non-hydrogen) atoms. The number of rotatable bonds is 2. The quantitative estimate of drug-likeness (QED) is 0.659. The van der Waals surface area contributed by atoms with E-state index in [9.17, 15) is 4.79 Å². The summed E-state index contributed by atoms with van der Waals surface area (Å²) in [4.78, 5) is 15.7. The Morgan fingerprint density at radius 2 is 2.46 bits per heavy atom. The molecule has 0 bridgehead atoms. The van der Waals surface area contributed by atoms with E-state index >= 15 is 0 Å². The van der Waals surface area contributed by atoms with Gasteiger partial charge in [0, 0.05) is 32.7 Å². The fourth-order valence-electron chi connectivity index (χ4n) is 2.15. The third kappa shape index (κ3) is 1.50. The van der Waals surface area contributed by atoms with Gasteiger partial charge in [-0.05, 0) is 6.42 Å². The number of carbonyl (C=O) groups excluding carboxylic acids is 1. The maximum atomic E-state index is 11.8. The molecule has 0 aliphatic carbocycles. The van der Waals surface area contributed by atoms with Crippen LogP contribution in [0.25, 0.3) is 0 Å². The van der Waals surface area contributed by atoms with Gasteiger partial charge in [0.1, 0.15) is 0 Å². The summed E-state index contributed by atoms with van der Waals surface area (Å²) in [5.41, 5.74) is 0. The number of nitrogens with zero attached hydrogens (tertiary/aromatic N) is 2. The van der Waals surface area contributed by atoms with Crippen molar-refractivity contribution in [3.63, 3.8) is 0 Å². The van der Waals surface area contributed by atoms with Crippen molar-refractivity contribution in [3.05, 3.63) is 0 Å². The topological polar surface area (TPSA) is 35.6 Å². The van der Waals surface area contributed by atoms with Gasteiger partial charge in [-0.25, -0.2) is 4.79 Å². The zero-order chi connectivity index (χ0) is 9.26. The number of nitrogens with one attached hydrogen (secondary N) is 1. The van der Waals surface area contributed by atoms with Crippen LogP contribution in [0, 0.1) is 0 Å². The molecule has 0 aromatic carbocycles. The van der Waals surface area contributed by atoms with Crippen molar-refractivity contribution >= 4 is 6.03 Å². The Kier molecular flexibility index (Phi) is 2.40. The van der Waals surface area contributed by atoms with E-state index in [1.165, 1.54) is 0 Å². The summed E-state index contributed by atoms with van der Waals surface area (Å²) in [7, 11) is 0. The molecule has 4 nitrogen and oxygen atoms in total. The van der Waals surface area contributed by atoms with E-state index in [-0.39, 0.29) is 6.03 Å². The van der Waals surface area contributed by atoms with Crippen LogP contribution in [0.3, 0.4) is 0 Å². The molecule has 0 radical (unpaired) electrons. The highest BCUT2D eigenvalue weighted by Crippen LogP contribution is 2.17. The Morgan fingerprint density at radius 1 is 1.62 bits per heavy atom. The minimum Gasteiger partial charge on any atom is -0.323 e. The molecule has 1 N–H and O–H groups in total. The lowest BCUT2D eigenvalue weighted by Gasteiger charge is -2.28. The van der Waals surface area contributed by atoms with Crippen LogP contribution in [-0.4, -0.2) is 54.6 Å². The Hall–Kier alpha value is -0.770. The van der Waals surface area contributed by atoms with E-state index < -0.39 is 0 Å². The van der Waals surface area contributed by atoms with Crippen LogP contribution in [0.1, 0.15) is 13.3 Å². The van der Waals surface area contributed by atoms with Gasteiger partial charge in [0.05, 0.1) is 6.04 Å². The monoisotopic (exact) mass is 183 g/mol. The van der Waals surface area contributed by atoms with Crippen molar-refractivity contribution in [2.45, 2.75) is 19.4 Å². The van der Waals surface area contributed by atoms with Crippen molar-refractivity contribution in [2.24, 2.45) is 0 Å². The highest BCUT2D eigenvalue weighted by molar-refractivity contribution is 5.77. The van der Waals surface area contributed by atoms with Gasteiger partial charge in [0.15, 0.2) is 0 Å². The first-order valence-electron chi connectivity index (χ1n) is 5.09. The van der Waals surface area contributed by atoms with E-state index in [1.54, 1.807) is 0 Å². The van der Waals surface area contributed by atoms with E-state index in [2.05, 4.69) is 12.2 Å². The van der Waals surface area contributed by atoms with Crippen molar-refractivity contribution in [2.75, 3.05) is 32.7 Å². The van der Waals surface area contributed by atoms with Gasteiger partial charge in [-0.2, -0.15) is 0 Å². The Bertz CT molecular complexity index is 207. The molecular weight excluding hydrogens is 166 g/mol. The summed E-state index contributed by atoms with van der Waals surface area (Å²) in [5, 5.41) is 3.32. The molecule has 0 saturated carbocycles. The van der Waals surface area contributed by atoms with Gasteiger partial charge >= 0.3 is 6.03 Å². The van der Waals surface area contributed by atoms with Crippen molar-refractivity contribution in [1.82, 2.24) is 15.1 Å². The summed E-state index contributed by atoms with van der Waals surface area (Å²) in [5.74, 6) is 0. The van der Waals surface area contributed by atoms with Crippen LogP contribution < -0.4 is 5.32 Å². The van der Waals surface area contributed by atoms with Gasteiger partial charge in [0.25, 0.3) is 0 Å². The Balaban J connectivity index is 2.01. The second kappa shape index (κ2) is 3.54. The first-order valence-corrected chi connectivity index (χ1v) is 5.09. The van der Waals surface area contributed by atoms with Gasteiger partial charge in [0.2, 0.25) is 0 Å². The molecule has 0 spiro atoms. The van der Waals surface area contributed by atoms with E-state index in [1.807, 2.05) is 9.80 Å². The van der Waals surface area contributed by atoms with Crippen LogP contribution in [0.5, 0.6) is 0 Å². The lowest BCUT2D eigenvalue weighted by molar-refractivity contribution is 0.179. The highest BCUT2D eigenvalue weighted by Gasteiger charge is 2.37. The number of carbonyl (C=O) groups is 1. The van der Waals surface area contributed by atoms with Crippen molar-refractivity contribution in [1.29, 1.82) is 0 Å². The number of piperazine rings is 1. The number of fused-ring (bicyclic) bond motifs is 1. The minimum absolute atomic E-state index is 0.244. The lowest BCUT2D eigenvalue weighted by atomic mass is 10.2. The maximum absolute atomic E-state index is 11.8. The number of amides is 2. The second-order valence-corrected chi connectivity index (χ2v) is 3.78. The van der Waals surface area contributed by atoms with E-state index in [0.29, 0.717) is 6.04 Å². The predicted octanol–water partition coefficient (Wildman–Crippen LogP) is 0.106. The summed E-state index contributed by atoms with van der Waals surface area (Å²) < 4.78 is 0. The fraction of sp³-hybridized carbons (Fsp3) is 0.889. The molecule has 0 aromatic rings. The van der Waals surface area contributed by atoms with E-state index in [4.69, 9.17) is 0 Å². The lowest BCUT2D eigenvalue weighted by Crippen LogP contribution is -2.49. The third-order valence-corrected chi connectivity index (χ3v) is 2.79. The first kappa shape index (κ1) is 8.81. The van der Waals surface area contributed by atoms with Crippen LogP contribution in [0.4, 0.5) is 4.79 Å². The molecule has 2 saturated heterocycles. The smallest absolute Gasteiger partial charge is 0.320 e. The van der Waals surface area contributed by atoms with Gasteiger partial charge < -0.3 is 15.1 Å². The summed E-state index contributed by atoms with van der Waals surface area (Å²) >= 11 is 0. The molecule has 74 valence electrons. The highest BCUT2D eigenvalue weighted by atomic mass is 16.2. The average molecular weight is 183 g/mol. The van der Waals surface area contributed by atoms with Gasteiger partial charge in [-0.3, -0.25) is 0 Å². The molecule has 1 unspecified atom stereocenters. The van der Waals surface area contributed by atoms with Crippen molar-refractivity contribution in [3.8, 4) is 0 Å². The number of urea groups is 1. The normalized spacial score (nSPS) is 28.1. The number of hydrogen-bond acceptors (Lipinski definition) is 2. The molecular formula is C9H17N3O. The second-order valence-electron chi connectivity index (χ2n) is 3.78. The SMILES string of the molecule is CCCN1CC2CNCCN2C1=O. The molecule has 2 aliphatic rings. The minimum atomic E-state index is 0.244. The summed E-state index contributed by atoms with van der Waals surface area (Å²) in [6.07, 6.45) is 1.06. The predicted molar refractivity (Wildman–Crippen MR) is 50.6 cm³/mol. The molecule has 0 aromatic heterocycles. The van der Waals surface area contributed by atoms with Crippen LogP contribution in [-0.2, 0) is 0 Å². The Labute approximate surface area is 78.9 Å². The first-order chi connectivity index (χ1) is 6.33.